The Morgan fingerprint density at radius 1 is 1.12 bits per heavy atom. The van der Waals surface area contributed by atoms with Crippen molar-refractivity contribution in [3.8, 4) is 11.3 Å². The van der Waals surface area contributed by atoms with E-state index < -0.39 is 0 Å². The number of rotatable bonds is 3. The molecule has 0 saturated heterocycles. The van der Waals surface area contributed by atoms with Crippen molar-refractivity contribution < 1.29 is 9.21 Å². The smallest absolute Gasteiger partial charge is 0.259 e. The topological polar surface area (TPSA) is 59.5 Å². The van der Waals surface area contributed by atoms with Gasteiger partial charge in [-0.2, -0.15) is 0 Å². The number of hydrogen-bond donors (Lipinski definition) is 1. The Bertz CT molecular complexity index is 1040. The van der Waals surface area contributed by atoms with E-state index in [2.05, 4.69) is 10.3 Å². The number of imidazole rings is 1. The molecule has 0 aliphatic heterocycles. The van der Waals surface area contributed by atoms with Gasteiger partial charge in [-0.25, -0.2) is 4.98 Å². The van der Waals surface area contributed by atoms with Crippen LogP contribution in [0.3, 0.4) is 0 Å². The van der Waals surface area contributed by atoms with Crippen molar-refractivity contribution in [3.05, 3.63) is 78.0 Å². The van der Waals surface area contributed by atoms with Crippen LogP contribution in [0.1, 0.15) is 21.9 Å². The molecule has 3 aromatic heterocycles. The summed E-state index contributed by atoms with van der Waals surface area (Å²) in [4.78, 5) is 17.2. The van der Waals surface area contributed by atoms with Crippen LogP contribution in [0, 0.1) is 13.8 Å². The Morgan fingerprint density at radius 2 is 1.92 bits per heavy atom. The average molecular weight is 331 g/mol. The standard InChI is InChI=1S/C20H17N3O2/c1-13-11-16(14(2)25-13)20(24)22-17-8-4-3-7-15(17)18-12-23-10-6-5-9-19(23)21-18/h3-12H,1-2H3,(H,22,24). The zero-order chi connectivity index (χ0) is 17.4. The third-order valence-corrected chi connectivity index (χ3v) is 4.10. The highest BCUT2D eigenvalue weighted by molar-refractivity contribution is 6.06. The minimum atomic E-state index is -0.189. The van der Waals surface area contributed by atoms with Crippen molar-refractivity contribution in [2.24, 2.45) is 0 Å². The van der Waals surface area contributed by atoms with Gasteiger partial charge in [-0.15, -0.1) is 0 Å². The fourth-order valence-electron chi connectivity index (χ4n) is 2.93. The Morgan fingerprint density at radius 3 is 2.68 bits per heavy atom. The number of anilines is 1. The van der Waals surface area contributed by atoms with Crippen LogP contribution in [0.5, 0.6) is 0 Å². The number of furan rings is 1. The first-order valence-electron chi connectivity index (χ1n) is 8.03. The molecule has 0 radical (unpaired) electrons. The molecule has 0 aliphatic rings. The molecule has 0 atom stereocenters. The maximum Gasteiger partial charge on any atom is 0.259 e. The van der Waals surface area contributed by atoms with Gasteiger partial charge in [-0.1, -0.05) is 24.3 Å². The minimum absolute atomic E-state index is 0.189. The molecule has 0 spiro atoms. The summed E-state index contributed by atoms with van der Waals surface area (Å²) in [5.74, 6) is 1.14. The summed E-state index contributed by atoms with van der Waals surface area (Å²) in [6, 6.07) is 15.2. The number of nitrogens with zero attached hydrogens (tertiary/aromatic N) is 2. The SMILES string of the molecule is Cc1cc(C(=O)Nc2ccccc2-c2cn3ccccc3n2)c(C)o1. The first kappa shape index (κ1) is 15.2. The first-order valence-corrected chi connectivity index (χ1v) is 8.03. The molecule has 5 heteroatoms. The summed E-state index contributed by atoms with van der Waals surface area (Å²) < 4.78 is 7.41. The van der Waals surface area contributed by atoms with E-state index in [0.29, 0.717) is 17.0 Å². The van der Waals surface area contributed by atoms with Crippen molar-refractivity contribution in [1.82, 2.24) is 9.38 Å². The molecule has 0 fully saturated rings. The Balaban J connectivity index is 1.71. The number of fused-ring (bicyclic) bond motifs is 1. The molecule has 25 heavy (non-hydrogen) atoms. The maximum absolute atomic E-state index is 12.6. The maximum atomic E-state index is 12.6. The van der Waals surface area contributed by atoms with Crippen molar-refractivity contribution >= 4 is 17.2 Å². The van der Waals surface area contributed by atoms with Crippen LogP contribution < -0.4 is 5.32 Å². The predicted octanol–water partition coefficient (Wildman–Crippen LogP) is 4.46. The molecule has 0 unspecified atom stereocenters. The average Bonchev–Trinajstić information content (AvgIpc) is 3.18. The fourth-order valence-corrected chi connectivity index (χ4v) is 2.93. The number of aromatic nitrogens is 2. The van der Waals surface area contributed by atoms with E-state index in [9.17, 15) is 4.79 Å². The largest absolute Gasteiger partial charge is 0.466 e. The van der Waals surface area contributed by atoms with Gasteiger partial charge in [-0.05, 0) is 38.1 Å². The van der Waals surface area contributed by atoms with Crippen LogP contribution in [0.25, 0.3) is 16.9 Å². The van der Waals surface area contributed by atoms with Crippen LogP contribution in [-0.4, -0.2) is 15.3 Å². The molecule has 1 N–H and O–H groups in total. The number of carbonyl (C=O) groups is 1. The van der Waals surface area contributed by atoms with Gasteiger partial charge in [-0.3, -0.25) is 4.79 Å². The van der Waals surface area contributed by atoms with Crippen molar-refractivity contribution in [3.63, 3.8) is 0 Å². The summed E-state index contributed by atoms with van der Waals surface area (Å²) in [6.07, 6.45) is 3.90. The van der Waals surface area contributed by atoms with E-state index in [0.717, 1.165) is 22.7 Å². The Hall–Kier alpha value is -3.34. The normalized spacial score (nSPS) is 11.0. The van der Waals surface area contributed by atoms with E-state index in [1.807, 2.05) is 66.2 Å². The lowest BCUT2D eigenvalue weighted by Crippen LogP contribution is -2.12. The lowest BCUT2D eigenvalue weighted by atomic mass is 10.1. The van der Waals surface area contributed by atoms with Gasteiger partial charge in [0.05, 0.1) is 16.9 Å². The van der Waals surface area contributed by atoms with Crippen LogP contribution in [0.2, 0.25) is 0 Å². The molecule has 0 aliphatic carbocycles. The van der Waals surface area contributed by atoms with Crippen molar-refractivity contribution in [2.45, 2.75) is 13.8 Å². The van der Waals surface area contributed by atoms with Gasteiger partial charge in [0, 0.05) is 18.0 Å². The zero-order valence-corrected chi connectivity index (χ0v) is 14.0. The minimum Gasteiger partial charge on any atom is -0.466 e. The molecule has 0 saturated carbocycles. The predicted molar refractivity (Wildman–Crippen MR) is 96.8 cm³/mol. The van der Waals surface area contributed by atoms with Gasteiger partial charge >= 0.3 is 0 Å². The summed E-state index contributed by atoms with van der Waals surface area (Å²) in [7, 11) is 0. The van der Waals surface area contributed by atoms with Crippen molar-refractivity contribution in [2.75, 3.05) is 5.32 Å². The van der Waals surface area contributed by atoms with Crippen LogP contribution >= 0.6 is 0 Å². The highest BCUT2D eigenvalue weighted by Gasteiger charge is 2.16. The molecule has 0 bridgehead atoms. The molecule has 4 aromatic rings. The van der Waals surface area contributed by atoms with E-state index in [1.54, 1.807) is 13.0 Å². The number of hydrogen-bond acceptors (Lipinski definition) is 3. The zero-order valence-electron chi connectivity index (χ0n) is 14.0. The highest BCUT2D eigenvalue weighted by atomic mass is 16.3. The Labute approximate surface area is 144 Å². The van der Waals surface area contributed by atoms with E-state index >= 15 is 0 Å². The van der Waals surface area contributed by atoms with Gasteiger partial charge < -0.3 is 14.1 Å². The number of benzene rings is 1. The number of pyridine rings is 1. The van der Waals surface area contributed by atoms with Gasteiger partial charge in [0.25, 0.3) is 5.91 Å². The second kappa shape index (κ2) is 5.94. The molecular formula is C20H17N3O2. The van der Waals surface area contributed by atoms with Crippen LogP contribution in [-0.2, 0) is 0 Å². The lowest BCUT2D eigenvalue weighted by Gasteiger charge is -2.09. The highest BCUT2D eigenvalue weighted by Crippen LogP contribution is 2.28. The fraction of sp³-hybridized carbons (Fsp3) is 0.100. The third kappa shape index (κ3) is 2.80. The summed E-state index contributed by atoms with van der Waals surface area (Å²) >= 11 is 0. The third-order valence-electron chi connectivity index (χ3n) is 4.10. The Kier molecular flexibility index (Phi) is 3.61. The number of nitrogens with one attached hydrogen (secondary N) is 1. The quantitative estimate of drug-likeness (QED) is 0.603. The molecule has 1 aromatic carbocycles. The number of aryl methyl sites for hydroxylation is 2. The second-order valence-corrected chi connectivity index (χ2v) is 5.92. The summed E-state index contributed by atoms with van der Waals surface area (Å²) in [5, 5.41) is 2.98. The lowest BCUT2D eigenvalue weighted by molar-refractivity contribution is 0.102. The molecule has 3 heterocycles. The molecule has 4 rings (SSSR count). The van der Waals surface area contributed by atoms with Gasteiger partial charge in [0.1, 0.15) is 17.2 Å². The number of para-hydroxylation sites is 1. The van der Waals surface area contributed by atoms with E-state index in [-0.39, 0.29) is 5.91 Å². The summed E-state index contributed by atoms with van der Waals surface area (Å²) in [6.45, 7) is 3.62. The van der Waals surface area contributed by atoms with Crippen molar-refractivity contribution in [1.29, 1.82) is 0 Å². The monoisotopic (exact) mass is 331 g/mol. The van der Waals surface area contributed by atoms with Crippen LogP contribution in [0.4, 0.5) is 5.69 Å². The van der Waals surface area contributed by atoms with Gasteiger partial charge in [0.2, 0.25) is 0 Å². The first-order chi connectivity index (χ1) is 12.1. The molecule has 1 amide bonds. The van der Waals surface area contributed by atoms with Gasteiger partial charge in [0.15, 0.2) is 0 Å². The van der Waals surface area contributed by atoms with E-state index in [4.69, 9.17) is 4.42 Å². The van der Waals surface area contributed by atoms with E-state index in [1.165, 1.54) is 0 Å². The molecule has 124 valence electrons. The number of amides is 1. The number of carbonyl (C=O) groups excluding carboxylic acids is 1. The molecular weight excluding hydrogens is 314 g/mol. The van der Waals surface area contributed by atoms with Crippen LogP contribution in [0.15, 0.2) is 65.3 Å². The second-order valence-electron chi connectivity index (χ2n) is 5.92. The summed E-state index contributed by atoms with van der Waals surface area (Å²) in [5.41, 5.74) is 3.80. The molecule has 5 nitrogen and oxygen atoms in total.